The fourth-order valence-corrected chi connectivity index (χ4v) is 2.04. The summed E-state index contributed by atoms with van der Waals surface area (Å²) in [5, 5.41) is 0. The average Bonchev–Trinajstić information content (AvgIpc) is 2.29. The summed E-state index contributed by atoms with van der Waals surface area (Å²) < 4.78 is 0. The second-order valence-electron chi connectivity index (χ2n) is 4.99. The van der Waals surface area contributed by atoms with Gasteiger partial charge in [0.1, 0.15) is 0 Å². The Labute approximate surface area is 104 Å². The highest BCUT2D eigenvalue weighted by Gasteiger charge is 1.96. The van der Waals surface area contributed by atoms with E-state index in [0.717, 1.165) is 12.8 Å². The molecule has 0 fully saturated rings. The fourth-order valence-electron chi connectivity index (χ4n) is 2.04. The Hall–Kier alpha value is -0.260. The van der Waals surface area contributed by atoms with Crippen molar-refractivity contribution >= 4 is 0 Å². The molecule has 95 valence electrons. The van der Waals surface area contributed by atoms with Gasteiger partial charge in [-0.1, -0.05) is 77.4 Å². The molecule has 0 aromatic rings. The first-order chi connectivity index (χ1) is 7.81. The summed E-state index contributed by atoms with van der Waals surface area (Å²) in [6, 6.07) is 0. The highest BCUT2D eigenvalue weighted by Crippen LogP contribution is 2.15. The van der Waals surface area contributed by atoms with Gasteiger partial charge < -0.3 is 0 Å². The first kappa shape index (κ1) is 15.7. The van der Waals surface area contributed by atoms with Crippen LogP contribution in [-0.2, 0) is 0 Å². The molecule has 0 rings (SSSR count). The van der Waals surface area contributed by atoms with Crippen LogP contribution in [-0.4, -0.2) is 0 Å². The SMILES string of the molecule is [CH]=C(CCCCCC)CCCCCCCC. The molecular weight excluding hydrogens is 192 g/mol. The molecule has 0 saturated heterocycles. The van der Waals surface area contributed by atoms with Crippen molar-refractivity contribution in [3.8, 4) is 0 Å². The normalized spacial score (nSPS) is 10.6. The van der Waals surface area contributed by atoms with Crippen LogP contribution in [0.1, 0.15) is 90.9 Å². The number of unbranched alkanes of at least 4 members (excludes halogenated alkanes) is 8. The lowest BCUT2D eigenvalue weighted by molar-refractivity contribution is 0.594. The van der Waals surface area contributed by atoms with E-state index in [9.17, 15) is 0 Å². The maximum atomic E-state index is 6.01. The van der Waals surface area contributed by atoms with Crippen LogP contribution in [0.15, 0.2) is 5.57 Å². The average molecular weight is 223 g/mol. The molecule has 0 spiro atoms. The third kappa shape index (κ3) is 11.8. The molecule has 0 nitrogen and oxygen atoms in total. The zero-order valence-electron chi connectivity index (χ0n) is 11.6. The molecule has 0 aliphatic rings. The zero-order valence-corrected chi connectivity index (χ0v) is 11.6. The summed E-state index contributed by atoms with van der Waals surface area (Å²) in [5.41, 5.74) is 1.24. The Morgan fingerprint density at radius 2 is 1.00 bits per heavy atom. The van der Waals surface area contributed by atoms with Crippen molar-refractivity contribution in [3.63, 3.8) is 0 Å². The van der Waals surface area contributed by atoms with Gasteiger partial charge in [-0.3, -0.25) is 0 Å². The van der Waals surface area contributed by atoms with Gasteiger partial charge in [0, 0.05) is 0 Å². The summed E-state index contributed by atoms with van der Waals surface area (Å²) in [4.78, 5) is 0. The molecule has 0 aliphatic heterocycles. The summed E-state index contributed by atoms with van der Waals surface area (Å²) in [6.45, 7) is 10.5. The van der Waals surface area contributed by atoms with E-state index in [1.807, 2.05) is 0 Å². The monoisotopic (exact) mass is 223 g/mol. The van der Waals surface area contributed by atoms with Crippen molar-refractivity contribution < 1.29 is 0 Å². The Bertz CT molecular complexity index is 146. The van der Waals surface area contributed by atoms with Gasteiger partial charge in [-0.15, -0.1) is 0 Å². The Morgan fingerprint density at radius 1 is 0.625 bits per heavy atom. The lowest BCUT2D eigenvalue weighted by Crippen LogP contribution is -1.85. The van der Waals surface area contributed by atoms with Gasteiger partial charge in [0.25, 0.3) is 0 Å². The van der Waals surface area contributed by atoms with Gasteiger partial charge in [-0.2, -0.15) is 0 Å². The Kier molecular flexibility index (Phi) is 12.6. The van der Waals surface area contributed by atoms with Crippen molar-refractivity contribution in [2.75, 3.05) is 0 Å². The van der Waals surface area contributed by atoms with E-state index in [1.54, 1.807) is 0 Å². The predicted octanol–water partition coefficient (Wildman–Crippen LogP) is 6.07. The van der Waals surface area contributed by atoms with Crippen LogP contribution in [0.4, 0.5) is 0 Å². The second kappa shape index (κ2) is 12.8. The third-order valence-corrected chi connectivity index (χ3v) is 3.20. The smallest absolute Gasteiger partial charge is 0.0317 e. The summed E-state index contributed by atoms with van der Waals surface area (Å²) in [5.74, 6) is 0. The molecule has 0 heterocycles. The van der Waals surface area contributed by atoms with Crippen molar-refractivity contribution in [1.29, 1.82) is 0 Å². The highest BCUT2D eigenvalue weighted by molar-refractivity contribution is 4.90. The van der Waals surface area contributed by atoms with Crippen molar-refractivity contribution in [3.05, 3.63) is 12.2 Å². The molecule has 0 bridgehead atoms. The molecule has 0 amide bonds. The first-order valence-electron chi connectivity index (χ1n) is 7.41. The van der Waals surface area contributed by atoms with Crippen LogP contribution in [0.3, 0.4) is 0 Å². The van der Waals surface area contributed by atoms with Crippen molar-refractivity contribution in [1.82, 2.24) is 0 Å². The molecule has 0 aromatic heterocycles. The largest absolute Gasteiger partial charge is 0.0702 e. The van der Waals surface area contributed by atoms with Crippen LogP contribution in [0.5, 0.6) is 0 Å². The van der Waals surface area contributed by atoms with E-state index in [0.29, 0.717) is 0 Å². The van der Waals surface area contributed by atoms with Gasteiger partial charge in [0.15, 0.2) is 0 Å². The van der Waals surface area contributed by atoms with Crippen LogP contribution in [0.2, 0.25) is 0 Å². The maximum Gasteiger partial charge on any atom is -0.0317 e. The third-order valence-electron chi connectivity index (χ3n) is 3.20. The van der Waals surface area contributed by atoms with Crippen LogP contribution >= 0.6 is 0 Å². The van der Waals surface area contributed by atoms with E-state index >= 15 is 0 Å². The summed E-state index contributed by atoms with van der Waals surface area (Å²) >= 11 is 0. The van der Waals surface area contributed by atoms with Crippen LogP contribution in [0, 0.1) is 6.58 Å². The summed E-state index contributed by atoms with van der Waals surface area (Å²) in [6.07, 6.45) is 15.9. The molecule has 0 unspecified atom stereocenters. The predicted molar refractivity (Wildman–Crippen MR) is 74.6 cm³/mol. The van der Waals surface area contributed by atoms with Gasteiger partial charge >= 0.3 is 0 Å². The molecule has 0 saturated carbocycles. The molecule has 0 aromatic carbocycles. The minimum Gasteiger partial charge on any atom is -0.0702 e. The second-order valence-corrected chi connectivity index (χ2v) is 4.99. The molecular formula is C16H31. The van der Waals surface area contributed by atoms with E-state index < -0.39 is 0 Å². The van der Waals surface area contributed by atoms with E-state index in [-0.39, 0.29) is 0 Å². The Balaban J connectivity index is 3.11. The molecule has 0 heteroatoms. The minimum atomic E-state index is 1.16. The lowest BCUT2D eigenvalue weighted by Gasteiger charge is -2.05. The van der Waals surface area contributed by atoms with Crippen molar-refractivity contribution in [2.24, 2.45) is 0 Å². The molecule has 0 atom stereocenters. The van der Waals surface area contributed by atoms with E-state index in [2.05, 4.69) is 13.8 Å². The Morgan fingerprint density at radius 3 is 1.50 bits per heavy atom. The van der Waals surface area contributed by atoms with E-state index in [4.69, 9.17) is 6.58 Å². The van der Waals surface area contributed by atoms with Gasteiger partial charge in [0.05, 0.1) is 0 Å². The van der Waals surface area contributed by atoms with Gasteiger partial charge in [-0.05, 0) is 25.7 Å². The maximum absolute atomic E-state index is 6.01. The molecule has 16 heavy (non-hydrogen) atoms. The van der Waals surface area contributed by atoms with E-state index in [1.165, 1.54) is 69.8 Å². The quantitative estimate of drug-likeness (QED) is 0.352. The minimum absolute atomic E-state index is 1.16. The number of hydrogen-bond acceptors (Lipinski definition) is 0. The van der Waals surface area contributed by atoms with Gasteiger partial charge in [-0.25, -0.2) is 0 Å². The lowest BCUT2D eigenvalue weighted by atomic mass is 10.0. The van der Waals surface area contributed by atoms with Crippen molar-refractivity contribution in [2.45, 2.75) is 90.9 Å². The number of allylic oxidation sites excluding steroid dienone is 1. The van der Waals surface area contributed by atoms with Crippen LogP contribution < -0.4 is 0 Å². The first-order valence-corrected chi connectivity index (χ1v) is 7.41. The molecule has 0 N–H and O–H groups in total. The standard InChI is InChI=1S/C16H31/c1-4-6-8-10-11-13-15-16(3)14-12-9-7-5-2/h3H,4-15H2,1-2H3. The molecule has 0 aliphatic carbocycles. The molecule has 1 radical (unpaired) electrons. The fraction of sp³-hybridized carbons (Fsp3) is 0.875. The number of rotatable bonds is 12. The van der Waals surface area contributed by atoms with Gasteiger partial charge in [0.2, 0.25) is 0 Å². The zero-order chi connectivity index (χ0) is 12.1. The topological polar surface area (TPSA) is 0 Å². The summed E-state index contributed by atoms with van der Waals surface area (Å²) in [7, 11) is 0. The highest BCUT2D eigenvalue weighted by atomic mass is 14.0. The number of hydrogen-bond donors (Lipinski definition) is 0. The van der Waals surface area contributed by atoms with Crippen LogP contribution in [0.25, 0.3) is 0 Å².